The SMILES string of the molecule is Cc1c(Cl)nc(C(F)(F)F)nc1N1CCc2ncc(C3CC3)cc2C1. The van der Waals surface area contributed by atoms with Crippen LogP contribution in [0.3, 0.4) is 0 Å². The number of halogens is 4. The maximum atomic E-state index is 13.0. The number of fused-ring (bicyclic) bond motifs is 1. The normalized spacial score (nSPS) is 17.6. The maximum Gasteiger partial charge on any atom is 0.451 e. The molecule has 0 spiro atoms. The van der Waals surface area contributed by atoms with Gasteiger partial charge in [-0.2, -0.15) is 13.2 Å². The van der Waals surface area contributed by atoms with Crippen molar-refractivity contribution in [2.75, 3.05) is 11.4 Å². The third-order valence-electron chi connectivity index (χ3n) is 4.72. The fourth-order valence-electron chi connectivity index (χ4n) is 3.18. The number of anilines is 1. The van der Waals surface area contributed by atoms with Gasteiger partial charge in [0.15, 0.2) is 0 Å². The van der Waals surface area contributed by atoms with Crippen LogP contribution >= 0.6 is 11.6 Å². The molecule has 1 fully saturated rings. The smallest absolute Gasteiger partial charge is 0.351 e. The van der Waals surface area contributed by atoms with Gasteiger partial charge in [-0.15, -0.1) is 0 Å². The highest BCUT2D eigenvalue weighted by Gasteiger charge is 2.37. The number of aromatic nitrogens is 3. The predicted octanol–water partition coefficient (Wildman–Crippen LogP) is 4.29. The fraction of sp³-hybridized carbons (Fsp3) is 0.471. The summed E-state index contributed by atoms with van der Waals surface area (Å²) in [4.78, 5) is 13.5. The Labute approximate surface area is 148 Å². The second-order valence-electron chi connectivity index (χ2n) is 6.60. The second-order valence-corrected chi connectivity index (χ2v) is 6.96. The van der Waals surface area contributed by atoms with Crippen molar-refractivity contribution >= 4 is 17.4 Å². The lowest BCUT2D eigenvalue weighted by Gasteiger charge is -2.31. The first kappa shape index (κ1) is 16.6. The van der Waals surface area contributed by atoms with Crippen molar-refractivity contribution in [3.05, 3.63) is 45.6 Å². The van der Waals surface area contributed by atoms with Gasteiger partial charge in [0.1, 0.15) is 11.0 Å². The van der Waals surface area contributed by atoms with Crippen molar-refractivity contribution < 1.29 is 13.2 Å². The molecule has 25 heavy (non-hydrogen) atoms. The molecule has 4 nitrogen and oxygen atoms in total. The first-order chi connectivity index (χ1) is 11.8. The molecule has 0 N–H and O–H groups in total. The standard InChI is InChI=1S/C17H16ClF3N4/c1-9-14(18)23-16(17(19,20)21)24-15(9)25-5-4-13-12(8-25)6-11(7-22-13)10-2-3-10/h6-7,10H,2-5,8H2,1H3. The molecule has 1 aliphatic heterocycles. The molecule has 2 aromatic heterocycles. The van der Waals surface area contributed by atoms with Crippen LogP contribution in [0.5, 0.6) is 0 Å². The molecular formula is C17H16ClF3N4. The zero-order valence-corrected chi connectivity index (χ0v) is 14.3. The molecule has 0 unspecified atom stereocenters. The quantitative estimate of drug-likeness (QED) is 0.741. The lowest BCUT2D eigenvalue weighted by atomic mass is 10.0. The zero-order valence-electron chi connectivity index (χ0n) is 13.6. The average Bonchev–Trinajstić information content (AvgIpc) is 3.40. The van der Waals surface area contributed by atoms with E-state index in [1.165, 1.54) is 18.4 Å². The Morgan fingerprint density at radius 1 is 1.24 bits per heavy atom. The molecule has 0 saturated heterocycles. The number of nitrogens with zero attached hydrogens (tertiary/aromatic N) is 4. The summed E-state index contributed by atoms with van der Waals surface area (Å²) in [6.45, 7) is 2.68. The van der Waals surface area contributed by atoms with E-state index in [4.69, 9.17) is 11.6 Å². The van der Waals surface area contributed by atoms with E-state index in [-0.39, 0.29) is 11.0 Å². The largest absolute Gasteiger partial charge is 0.451 e. The van der Waals surface area contributed by atoms with Crippen LogP contribution in [0.2, 0.25) is 5.15 Å². The van der Waals surface area contributed by atoms with E-state index in [0.717, 1.165) is 11.3 Å². The van der Waals surface area contributed by atoms with Crippen molar-refractivity contribution in [1.29, 1.82) is 0 Å². The monoisotopic (exact) mass is 368 g/mol. The van der Waals surface area contributed by atoms with Gasteiger partial charge in [-0.1, -0.05) is 17.7 Å². The van der Waals surface area contributed by atoms with Crippen molar-refractivity contribution in [1.82, 2.24) is 15.0 Å². The number of alkyl halides is 3. The number of hydrogen-bond donors (Lipinski definition) is 0. The maximum absolute atomic E-state index is 13.0. The van der Waals surface area contributed by atoms with Gasteiger partial charge in [0, 0.05) is 37.0 Å². The van der Waals surface area contributed by atoms with Crippen LogP contribution in [-0.2, 0) is 19.1 Å². The minimum Gasteiger partial charge on any atom is -0.351 e. The van der Waals surface area contributed by atoms with E-state index < -0.39 is 12.0 Å². The highest BCUT2D eigenvalue weighted by Crippen LogP contribution is 2.41. The Balaban J connectivity index is 1.69. The second kappa shape index (κ2) is 5.83. The van der Waals surface area contributed by atoms with E-state index in [2.05, 4.69) is 21.0 Å². The molecule has 0 bridgehead atoms. The van der Waals surface area contributed by atoms with Gasteiger partial charge in [0.25, 0.3) is 0 Å². The van der Waals surface area contributed by atoms with Crippen LogP contribution in [0.15, 0.2) is 12.3 Å². The van der Waals surface area contributed by atoms with Gasteiger partial charge < -0.3 is 4.90 Å². The van der Waals surface area contributed by atoms with Gasteiger partial charge in [0.05, 0.1) is 0 Å². The Hall–Kier alpha value is -1.89. The van der Waals surface area contributed by atoms with Crippen LogP contribution in [0.1, 0.15) is 47.0 Å². The summed E-state index contributed by atoms with van der Waals surface area (Å²) >= 11 is 5.93. The Bertz CT molecular complexity index is 833. The summed E-state index contributed by atoms with van der Waals surface area (Å²) in [7, 11) is 0. The number of hydrogen-bond acceptors (Lipinski definition) is 4. The van der Waals surface area contributed by atoms with E-state index >= 15 is 0 Å². The highest BCUT2D eigenvalue weighted by molar-refractivity contribution is 6.30. The first-order valence-corrected chi connectivity index (χ1v) is 8.54. The van der Waals surface area contributed by atoms with Crippen molar-refractivity contribution in [2.24, 2.45) is 0 Å². The predicted molar refractivity (Wildman–Crippen MR) is 87.7 cm³/mol. The molecule has 3 heterocycles. The third-order valence-corrected chi connectivity index (χ3v) is 5.09. The molecule has 1 saturated carbocycles. The average molecular weight is 369 g/mol. The fourth-order valence-corrected chi connectivity index (χ4v) is 3.34. The molecule has 2 aromatic rings. The van der Waals surface area contributed by atoms with Crippen LogP contribution < -0.4 is 4.90 Å². The summed E-state index contributed by atoms with van der Waals surface area (Å²) in [5.74, 6) is -0.371. The topological polar surface area (TPSA) is 41.9 Å². The van der Waals surface area contributed by atoms with E-state index in [0.29, 0.717) is 31.0 Å². The van der Waals surface area contributed by atoms with E-state index in [1.807, 2.05) is 11.1 Å². The molecule has 2 aliphatic rings. The summed E-state index contributed by atoms with van der Waals surface area (Å²) in [6, 6.07) is 2.13. The summed E-state index contributed by atoms with van der Waals surface area (Å²) < 4.78 is 39.1. The van der Waals surface area contributed by atoms with Gasteiger partial charge in [-0.3, -0.25) is 4.98 Å². The van der Waals surface area contributed by atoms with Crippen LogP contribution in [0.4, 0.5) is 19.0 Å². The van der Waals surface area contributed by atoms with E-state index in [9.17, 15) is 13.2 Å². The summed E-state index contributed by atoms with van der Waals surface area (Å²) in [5, 5.41) is -0.159. The highest BCUT2D eigenvalue weighted by atomic mass is 35.5. The Morgan fingerprint density at radius 2 is 2.00 bits per heavy atom. The van der Waals surface area contributed by atoms with E-state index in [1.54, 1.807) is 6.92 Å². The lowest BCUT2D eigenvalue weighted by Crippen LogP contribution is -2.33. The minimum atomic E-state index is -4.62. The van der Waals surface area contributed by atoms with Gasteiger partial charge in [-0.05, 0) is 36.8 Å². The molecule has 8 heteroatoms. The van der Waals surface area contributed by atoms with Gasteiger partial charge >= 0.3 is 6.18 Å². The molecule has 4 rings (SSSR count). The lowest BCUT2D eigenvalue weighted by molar-refractivity contribution is -0.144. The molecule has 0 radical (unpaired) electrons. The molecule has 1 aliphatic carbocycles. The Kier molecular flexibility index (Phi) is 3.86. The van der Waals surface area contributed by atoms with Crippen molar-refractivity contribution in [2.45, 2.75) is 44.8 Å². The van der Waals surface area contributed by atoms with Crippen LogP contribution in [0, 0.1) is 6.92 Å². The van der Waals surface area contributed by atoms with Gasteiger partial charge in [0.2, 0.25) is 5.82 Å². The first-order valence-electron chi connectivity index (χ1n) is 8.17. The molecule has 0 aromatic carbocycles. The van der Waals surface area contributed by atoms with Gasteiger partial charge in [-0.25, -0.2) is 9.97 Å². The summed E-state index contributed by atoms with van der Waals surface area (Å²) in [5.41, 5.74) is 3.74. The molecule has 132 valence electrons. The van der Waals surface area contributed by atoms with Crippen LogP contribution in [0.25, 0.3) is 0 Å². The van der Waals surface area contributed by atoms with Crippen molar-refractivity contribution in [3.63, 3.8) is 0 Å². The number of rotatable bonds is 2. The molecule has 0 amide bonds. The minimum absolute atomic E-state index is 0.159. The van der Waals surface area contributed by atoms with Crippen molar-refractivity contribution in [3.8, 4) is 0 Å². The Morgan fingerprint density at radius 3 is 2.68 bits per heavy atom. The molecule has 0 atom stereocenters. The molecular weight excluding hydrogens is 353 g/mol. The number of pyridine rings is 1. The zero-order chi connectivity index (χ0) is 17.8. The van der Waals surface area contributed by atoms with Crippen LogP contribution in [-0.4, -0.2) is 21.5 Å². The third kappa shape index (κ3) is 3.17. The summed E-state index contributed by atoms with van der Waals surface area (Å²) in [6.07, 6.45) is 0.337.